The van der Waals surface area contributed by atoms with Crippen LogP contribution in [0.5, 0.6) is 5.75 Å². The number of nitro benzene ring substituents is 1. The van der Waals surface area contributed by atoms with Gasteiger partial charge in [-0.05, 0) is 25.0 Å². The molecule has 0 aliphatic carbocycles. The van der Waals surface area contributed by atoms with Gasteiger partial charge >= 0.3 is 0 Å². The van der Waals surface area contributed by atoms with Gasteiger partial charge in [-0.3, -0.25) is 10.1 Å². The maximum absolute atomic E-state index is 11.2. The fourth-order valence-corrected chi connectivity index (χ4v) is 2.22. The highest BCUT2D eigenvalue weighted by molar-refractivity contribution is 5.64. The van der Waals surface area contributed by atoms with Gasteiger partial charge in [0.15, 0.2) is 0 Å². The Morgan fingerprint density at radius 3 is 2.60 bits per heavy atom. The van der Waals surface area contributed by atoms with Crippen LogP contribution < -0.4 is 10.1 Å². The number of rotatable bonds is 9. The molecule has 0 saturated carbocycles. The highest BCUT2D eigenvalue weighted by Crippen LogP contribution is 2.30. The smallest absolute Gasteiger partial charge is 0.296 e. The lowest BCUT2D eigenvalue weighted by molar-refractivity contribution is -0.384. The second-order valence-corrected chi connectivity index (χ2v) is 4.91. The van der Waals surface area contributed by atoms with E-state index in [2.05, 4.69) is 19.2 Å². The number of hydrogen-bond donors (Lipinski definition) is 1. The molecule has 0 saturated heterocycles. The molecule has 0 aliphatic heterocycles. The Balaban J connectivity index is 2.90. The summed E-state index contributed by atoms with van der Waals surface area (Å²) in [6.45, 7) is 4.28. The third-order valence-corrected chi connectivity index (χ3v) is 3.30. The number of methoxy groups -OCH3 is 1. The fourth-order valence-electron chi connectivity index (χ4n) is 2.22. The number of nitrogens with one attached hydrogen (secondary N) is 1. The molecule has 0 amide bonds. The maximum Gasteiger partial charge on any atom is 0.296 e. The minimum atomic E-state index is -0.367. The van der Waals surface area contributed by atoms with E-state index in [9.17, 15) is 10.1 Å². The van der Waals surface area contributed by atoms with Gasteiger partial charge in [0, 0.05) is 6.04 Å². The normalized spacial score (nSPS) is 11.9. The molecule has 1 rings (SSSR count). The minimum absolute atomic E-state index is 0.0713. The van der Waals surface area contributed by atoms with Crippen molar-refractivity contribution < 1.29 is 9.66 Å². The molecule has 5 nitrogen and oxygen atoms in total. The average molecular weight is 280 g/mol. The van der Waals surface area contributed by atoms with Crippen molar-refractivity contribution in [2.24, 2.45) is 0 Å². The van der Waals surface area contributed by atoms with E-state index in [1.54, 1.807) is 12.1 Å². The van der Waals surface area contributed by atoms with Crippen LogP contribution >= 0.6 is 0 Å². The minimum Gasteiger partial charge on any atom is -0.496 e. The van der Waals surface area contributed by atoms with E-state index in [0.717, 1.165) is 32.1 Å². The Morgan fingerprint density at radius 2 is 2.05 bits per heavy atom. The zero-order chi connectivity index (χ0) is 15.0. The molecule has 1 N–H and O–H groups in total. The van der Waals surface area contributed by atoms with Crippen LogP contribution in [0.2, 0.25) is 0 Å². The first-order chi connectivity index (χ1) is 9.62. The van der Waals surface area contributed by atoms with Crippen LogP contribution in [0.15, 0.2) is 18.2 Å². The van der Waals surface area contributed by atoms with E-state index in [-0.39, 0.29) is 16.7 Å². The summed E-state index contributed by atoms with van der Waals surface area (Å²) in [5.41, 5.74) is 0.646. The largest absolute Gasteiger partial charge is 0.496 e. The molecular weight excluding hydrogens is 256 g/mol. The van der Waals surface area contributed by atoms with Gasteiger partial charge in [0.25, 0.3) is 5.69 Å². The summed E-state index contributed by atoms with van der Waals surface area (Å²) in [5, 5.41) is 14.5. The quantitative estimate of drug-likeness (QED) is 0.538. The zero-order valence-corrected chi connectivity index (χ0v) is 12.5. The number of hydrogen-bond acceptors (Lipinski definition) is 4. The lowest BCUT2D eigenvalue weighted by Gasteiger charge is -2.19. The molecule has 1 aromatic rings. The van der Waals surface area contributed by atoms with Crippen molar-refractivity contribution in [2.75, 3.05) is 12.4 Å². The van der Waals surface area contributed by atoms with Crippen molar-refractivity contribution in [1.82, 2.24) is 0 Å². The Morgan fingerprint density at radius 1 is 1.30 bits per heavy atom. The van der Waals surface area contributed by atoms with Gasteiger partial charge in [-0.2, -0.15) is 0 Å². The molecule has 0 aromatic heterocycles. The van der Waals surface area contributed by atoms with Crippen molar-refractivity contribution in [3.63, 3.8) is 0 Å². The van der Waals surface area contributed by atoms with E-state index in [0.29, 0.717) is 11.4 Å². The number of benzene rings is 1. The van der Waals surface area contributed by atoms with Crippen molar-refractivity contribution in [3.05, 3.63) is 28.3 Å². The molecule has 112 valence electrons. The highest BCUT2D eigenvalue weighted by atomic mass is 16.6. The fraction of sp³-hybridized carbons (Fsp3) is 0.600. The summed E-state index contributed by atoms with van der Waals surface area (Å²) >= 11 is 0. The monoisotopic (exact) mass is 280 g/mol. The summed E-state index contributed by atoms with van der Waals surface area (Å²) in [5.74, 6) is 0.503. The molecule has 5 heteroatoms. The van der Waals surface area contributed by atoms with Gasteiger partial charge in [0.1, 0.15) is 11.4 Å². The van der Waals surface area contributed by atoms with Crippen LogP contribution in [0.3, 0.4) is 0 Å². The first kappa shape index (κ1) is 16.3. The van der Waals surface area contributed by atoms with Crippen LogP contribution in [0, 0.1) is 10.1 Å². The topological polar surface area (TPSA) is 64.4 Å². The summed E-state index contributed by atoms with van der Waals surface area (Å²) in [6.07, 6.45) is 5.37. The SMILES string of the molecule is CCCCC(CCC)Nc1ccc(OC)cc1[N+](=O)[O-]. The van der Waals surface area contributed by atoms with E-state index < -0.39 is 0 Å². The predicted octanol–water partition coefficient (Wildman–Crippen LogP) is 4.37. The van der Waals surface area contributed by atoms with Crippen molar-refractivity contribution in [2.45, 2.75) is 52.0 Å². The van der Waals surface area contributed by atoms with Gasteiger partial charge in [-0.1, -0.05) is 33.1 Å². The van der Waals surface area contributed by atoms with Crippen molar-refractivity contribution >= 4 is 11.4 Å². The molecule has 0 radical (unpaired) electrons. The van der Waals surface area contributed by atoms with Gasteiger partial charge in [0.05, 0.1) is 18.1 Å². The van der Waals surface area contributed by atoms with Crippen LogP contribution in [0.1, 0.15) is 46.0 Å². The first-order valence-corrected chi connectivity index (χ1v) is 7.21. The number of ether oxygens (including phenoxy) is 1. The average Bonchev–Trinajstić information content (AvgIpc) is 2.45. The summed E-state index contributed by atoms with van der Waals surface area (Å²) in [4.78, 5) is 10.8. The van der Waals surface area contributed by atoms with E-state index >= 15 is 0 Å². The summed E-state index contributed by atoms with van der Waals surface area (Å²) in [6, 6.07) is 5.22. The van der Waals surface area contributed by atoms with Gasteiger partial charge in [-0.15, -0.1) is 0 Å². The Labute approximate surface area is 120 Å². The van der Waals surface area contributed by atoms with Gasteiger partial charge < -0.3 is 10.1 Å². The molecule has 0 aliphatic rings. The molecular formula is C15H24N2O3. The number of anilines is 1. The predicted molar refractivity (Wildman–Crippen MR) is 81.5 cm³/mol. The van der Waals surface area contributed by atoms with Crippen LogP contribution in [-0.2, 0) is 0 Å². The molecule has 20 heavy (non-hydrogen) atoms. The highest BCUT2D eigenvalue weighted by Gasteiger charge is 2.17. The van der Waals surface area contributed by atoms with E-state index in [1.165, 1.54) is 13.2 Å². The Hall–Kier alpha value is -1.78. The van der Waals surface area contributed by atoms with Gasteiger partial charge in [-0.25, -0.2) is 0 Å². The number of unbranched alkanes of at least 4 members (excludes halogenated alkanes) is 1. The second kappa shape index (κ2) is 8.40. The summed E-state index contributed by atoms with van der Waals surface area (Å²) in [7, 11) is 1.51. The van der Waals surface area contributed by atoms with E-state index in [4.69, 9.17) is 4.74 Å². The third-order valence-electron chi connectivity index (χ3n) is 3.30. The number of nitro groups is 1. The van der Waals surface area contributed by atoms with Crippen LogP contribution in [0.4, 0.5) is 11.4 Å². The molecule has 0 bridgehead atoms. The van der Waals surface area contributed by atoms with E-state index in [1.807, 2.05) is 0 Å². The van der Waals surface area contributed by atoms with Crippen LogP contribution in [-0.4, -0.2) is 18.1 Å². The van der Waals surface area contributed by atoms with Crippen LogP contribution in [0.25, 0.3) is 0 Å². The first-order valence-electron chi connectivity index (χ1n) is 7.21. The number of nitrogens with zero attached hydrogens (tertiary/aromatic N) is 1. The van der Waals surface area contributed by atoms with Crippen molar-refractivity contribution in [1.29, 1.82) is 0 Å². The lowest BCUT2D eigenvalue weighted by Crippen LogP contribution is -2.19. The molecule has 1 aromatic carbocycles. The lowest BCUT2D eigenvalue weighted by atomic mass is 10.0. The Kier molecular flexibility index (Phi) is 6.84. The Bertz CT molecular complexity index is 435. The summed E-state index contributed by atoms with van der Waals surface area (Å²) < 4.78 is 5.05. The zero-order valence-electron chi connectivity index (χ0n) is 12.5. The molecule has 0 fully saturated rings. The maximum atomic E-state index is 11.2. The van der Waals surface area contributed by atoms with Crippen molar-refractivity contribution in [3.8, 4) is 5.75 Å². The molecule has 1 unspecified atom stereocenters. The van der Waals surface area contributed by atoms with Gasteiger partial charge in [0.2, 0.25) is 0 Å². The molecule has 1 atom stereocenters. The standard InChI is InChI=1S/C15H24N2O3/c1-4-6-8-12(7-5-2)16-14-10-9-13(20-3)11-15(14)17(18)19/h9-12,16H,4-8H2,1-3H3. The molecule has 0 heterocycles. The molecule has 0 spiro atoms. The second-order valence-electron chi connectivity index (χ2n) is 4.91. The third kappa shape index (κ3) is 4.72.